The highest BCUT2D eigenvalue weighted by Gasteiger charge is 2.15. The lowest BCUT2D eigenvalue weighted by molar-refractivity contribution is 0.112. The van der Waals surface area contributed by atoms with Crippen molar-refractivity contribution in [2.75, 3.05) is 0 Å². The smallest absolute Gasteiger partial charge is 0.153 e. The highest BCUT2D eigenvalue weighted by atomic mass is 16.1. The molecular formula is C15H13N5O. The van der Waals surface area contributed by atoms with Crippen molar-refractivity contribution in [1.82, 2.24) is 24.7 Å². The molecule has 0 fully saturated rings. The quantitative estimate of drug-likeness (QED) is 0.687. The molecule has 0 spiro atoms. The van der Waals surface area contributed by atoms with Crippen molar-refractivity contribution >= 4 is 6.29 Å². The first kappa shape index (κ1) is 13.1. The van der Waals surface area contributed by atoms with Crippen LogP contribution in [-0.4, -0.2) is 31.0 Å². The fraction of sp³-hybridized carbons (Fsp3) is 0.133. The van der Waals surface area contributed by atoms with Crippen molar-refractivity contribution in [3.8, 4) is 17.2 Å². The van der Waals surface area contributed by atoms with Gasteiger partial charge in [0.2, 0.25) is 0 Å². The predicted molar refractivity (Wildman–Crippen MR) is 77.2 cm³/mol. The zero-order chi connectivity index (χ0) is 14.8. The van der Waals surface area contributed by atoms with Crippen molar-refractivity contribution in [3.05, 3.63) is 53.7 Å². The third-order valence-corrected chi connectivity index (χ3v) is 3.11. The lowest BCUT2D eigenvalue weighted by Crippen LogP contribution is -1.99. The molecule has 0 N–H and O–H groups in total. The molecule has 6 heteroatoms. The highest BCUT2D eigenvalue weighted by Crippen LogP contribution is 2.22. The molecule has 21 heavy (non-hydrogen) atoms. The minimum absolute atomic E-state index is 0.460. The largest absolute Gasteiger partial charge is 0.298 e. The SMILES string of the molecule is Cc1ccnc(-n2cc(C=O)c(-c3nccnc3C)n2)c1. The lowest BCUT2D eigenvalue weighted by Gasteiger charge is -2.02. The molecule has 3 aromatic rings. The average Bonchev–Trinajstić information content (AvgIpc) is 2.92. The van der Waals surface area contributed by atoms with E-state index in [1.165, 1.54) is 0 Å². The Bertz CT molecular complexity index is 809. The number of aryl methyl sites for hydroxylation is 2. The fourth-order valence-electron chi connectivity index (χ4n) is 2.06. The molecular weight excluding hydrogens is 266 g/mol. The number of carbonyl (C=O) groups is 1. The summed E-state index contributed by atoms with van der Waals surface area (Å²) in [6.07, 6.45) is 7.32. The van der Waals surface area contributed by atoms with Crippen LogP contribution in [0, 0.1) is 13.8 Å². The van der Waals surface area contributed by atoms with E-state index in [-0.39, 0.29) is 0 Å². The monoisotopic (exact) mass is 279 g/mol. The van der Waals surface area contributed by atoms with Gasteiger partial charge in [-0.2, -0.15) is 5.10 Å². The van der Waals surface area contributed by atoms with Crippen LogP contribution in [0.25, 0.3) is 17.2 Å². The highest BCUT2D eigenvalue weighted by molar-refractivity contribution is 5.85. The van der Waals surface area contributed by atoms with Gasteiger partial charge in [-0.05, 0) is 31.5 Å². The van der Waals surface area contributed by atoms with Crippen LogP contribution in [0.1, 0.15) is 21.6 Å². The minimum Gasteiger partial charge on any atom is -0.298 e. The number of hydrogen-bond acceptors (Lipinski definition) is 5. The lowest BCUT2D eigenvalue weighted by atomic mass is 10.2. The van der Waals surface area contributed by atoms with Crippen LogP contribution in [0.2, 0.25) is 0 Å². The third-order valence-electron chi connectivity index (χ3n) is 3.11. The van der Waals surface area contributed by atoms with Crippen molar-refractivity contribution < 1.29 is 4.79 Å². The van der Waals surface area contributed by atoms with E-state index in [0.29, 0.717) is 22.8 Å². The van der Waals surface area contributed by atoms with Gasteiger partial charge in [-0.3, -0.25) is 14.8 Å². The Morgan fingerprint density at radius 3 is 2.57 bits per heavy atom. The van der Waals surface area contributed by atoms with Gasteiger partial charge in [0.25, 0.3) is 0 Å². The minimum atomic E-state index is 0.460. The molecule has 0 unspecified atom stereocenters. The van der Waals surface area contributed by atoms with Crippen LogP contribution >= 0.6 is 0 Å². The van der Waals surface area contributed by atoms with Crippen LogP contribution < -0.4 is 0 Å². The second-order valence-electron chi connectivity index (χ2n) is 4.68. The molecule has 0 saturated carbocycles. The number of rotatable bonds is 3. The fourth-order valence-corrected chi connectivity index (χ4v) is 2.06. The van der Waals surface area contributed by atoms with E-state index in [1.54, 1.807) is 29.5 Å². The Morgan fingerprint density at radius 1 is 1.05 bits per heavy atom. The van der Waals surface area contributed by atoms with Crippen molar-refractivity contribution in [2.45, 2.75) is 13.8 Å². The summed E-state index contributed by atoms with van der Waals surface area (Å²) in [5, 5.41) is 4.44. The Morgan fingerprint density at radius 2 is 1.86 bits per heavy atom. The molecule has 104 valence electrons. The normalized spacial score (nSPS) is 10.6. The van der Waals surface area contributed by atoms with Gasteiger partial charge < -0.3 is 0 Å². The van der Waals surface area contributed by atoms with Gasteiger partial charge >= 0.3 is 0 Å². The Labute approximate surface area is 121 Å². The number of pyridine rings is 1. The maximum Gasteiger partial charge on any atom is 0.153 e. The molecule has 3 aromatic heterocycles. The second kappa shape index (κ2) is 5.24. The van der Waals surface area contributed by atoms with Crippen molar-refractivity contribution in [3.63, 3.8) is 0 Å². The topological polar surface area (TPSA) is 73.6 Å². The second-order valence-corrected chi connectivity index (χ2v) is 4.68. The van der Waals surface area contributed by atoms with E-state index in [2.05, 4.69) is 20.1 Å². The van der Waals surface area contributed by atoms with Gasteiger partial charge in [-0.15, -0.1) is 0 Å². The molecule has 0 aliphatic carbocycles. The molecule has 0 aromatic carbocycles. The van der Waals surface area contributed by atoms with E-state index in [9.17, 15) is 4.79 Å². The molecule has 0 amide bonds. The average molecular weight is 279 g/mol. The summed E-state index contributed by atoms with van der Waals surface area (Å²) in [5.41, 5.74) is 3.37. The predicted octanol–water partition coefficient (Wildman–Crippen LogP) is 2.15. The van der Waals surface area contributed by atoms with Gasteiger partial charge in [0, 0.05) is 24.8 Å². The molecule has 3 heterocycles. The number of aldehydes is 1. The summed E-state index contributed by atoms with van der Waals surface area (Å²) in [5.74, 6) is 0.658. The number of carbonyl (C=O) groups excluding carboxylic acids is 1. The molecule has 0 bridgehead atoms. The van der Waals surface area contributed by atoms with E-state index < -0.39 is 0 Å². The van der Waals surface area contributed by atoms with Gasteiger partial charge in [0.15, 0.2) is 12.1 Å². The summed E-state index contributed by atoms with van der Waals surface area (Å²) in [4.78, 5) is 24.0. The van der Waals surface area contributed by atoms with Crippen LogP contribution in [0.4, 0.5) is 0 Å². The molecule has 0 aliphatic rings. The Kier molecular flexibility index (Phi) is 3.27. The van der Waals surface area contributed by atoms with Crippen LogP contribution in [0.15, 0.2) is 36.9 Å². The maximum atomic E-state index is 11.3. The molecule has 0 aliphatic heterocycles. The Hall–Kier alpha value is -2.89. The molecule has 6 nitrogen and oxygen atoms in total. The summed E-state index contributed by atoms with van der Waals surface area (Å²) in [6, 6.07) is 3.80. The van der Waals surface area contributed by atoms with Gasteiger partial charge in [0.05, 0.1) is 11.3 Å². The summed E-state index contributed by atoms with van der Waals surface area (Å²) in [7, 11) is 0. The number of hydrogen-bond donors (Lipinski definition) is 0. The van der Waals surface area contributed by atoms with Gasteiger partial charge in [-0.25, -0.2) is 9.67 Å². The molecule has 0 atom stereocenters. The molecule has 0 saturated heterocycles. The Balaban J connectivity index is 2.15. The summed E-state index contributed by atoms with van der Waals surface area (Å²) >= 11 is 0. The summed E-state index contributed by atoms with van der Waals surface area (Å²) < 4.78 is 1.58. The van der Waals surface area contributed by atoms with Crippen LogP contribution in [0.5, 0.6) is 0 Å². The van der Waals surface area contributed by atoms with E-state index >= 15 is 0 Å². The molecule has 3 rings (SSSR count). The van der Waals surface area contributed by atoms with E-state index in [1.807, 2.05) is 26.0 Å². The number of aromatic nitrogens is 5. The first-order valence-electron chi connectivity index (χ1n) is 6.45. The zero-order valence-electron chi connectivity index (χ0n) is 11.7. The maximum absolute atomic E-state index is 11.3. The summed E-state index contributed by atoms with van der Waals surface area (Å²) in [6.45, 7) is 3.81. The van der Waals surface area contributed by atoms with Gasteiger partial charge in [0.1, 0.15) is 11.4 Å². The molecule has 0 radical (unpaired) electrons. The van der Waals surface area contributed by atoms with E-state index in [0.717, 1.165) is 17.5 Å². The number of nitrogens with zero attached hydrogens (tertiary/aromatic N) is 5. The standard InChI is InChI=1S/C15H13N5O/c1-10-3-4-17-13(7-10)20-8-12(9-21)15(19-20)14-11(2)16-5-6-18-14/h3-9H,1-2H3. The van der Waals surface area contributed by atoms with Gasteiger partial charge in [-0.1, -0.05) is 0 Å². The van der Waals surface area contributed by atoms with E-state index in [4.69, 9.17) is 0 Å². The first-order chi connectivity index (χ1) is 10.2. The van der Waals surface area contributed by atoms with Crippen molar-refractivity contribution in [1.29, 1.82) is 0 Å². The zero-order valence-corrected chi connectivity index (χ0v) is 11.7. The third kappa shape index (κ3) is 2.43. The van der Waals surface area contributed by atoms with Crippen LogP contribution in [0.3, 0.4) is 0 Å². The first-order valence-corrected chi connectivity index (χ1v) is 6.45. The van der Waals surface area contributed by atoms with Crippen molar-refractivity contribution in [2.24, 2.45) is 0 Å². The van der Waals surface area contributed by atoms with Crippen LogP contribution in [-0.2, 0) is 0 Å².